The van der Waals surface area contributed by atoms with Crippen LogP contribution in [0.5, 0.6) is 0 Å². The van der Waals surface area contributed by atoms with Gasteiger partial charge in [0.1, 0.15) is 0 Å². The molecule has 264 valence electrons. The van der Waals surface area contributed by atoms with Gasteiger partial charge in [0.2, 0.25) is 0 Å². The number of hydrogen-bond acceptors (Lipinski definition) is 11. The first-order valence-corrected chi connectivity index (χ1v) is 18.7. The molecule has 6 aliphatic heterocycles. The molecule has 0 aromatic heterocycles. The summed E-state index contributed by atoms with van der Waals surface area (Å²) < 4.78 is 0. The van der Waals surface area contributed by atoms with Crippen LogP contribution >= 0.6 is 0 Å². The molecule has 1 spiro atoms. The lowest BCUT2D eigenvalue weighted by molar-refractivity contribution is -0.208. The topological polar surface area (TPSA) is 123 Å². The fourth-order valence-corrected chi connectivity index (χ4v) is 10.5. The molecule has 11 nitrogen and oxygen atoms in total. The Morgan fingerprint density at radius 2 is 1.34 bits per heavy atom. The lowest BCUT2D eigenvalue weighted by Gasteiger charge is -2.73. The first-order chi connectivity index (χ1) is 22.2. The molecule has 3 atom stereocenters. The van der Waals surface area contributed by atoms with Gasteiger partial charge in [0.25, 0.3) is 0 Å². The van der Waals surface area contributed by atoms with Crippen molar-refractivity contribution < 1.29 is 5.21 Å². The van der Waals surface area contributed by atoms with E-state index in [1.165, 1.54) is 19.3 Å². The van der Waals surface area contributed by atoms with Crippen molar-refractivity contribution in [3.8, 4) is 6.07 Å². The van der Waals surface area contributed by atoms with E-state index in [4.69, 9.17) is 5.73 Å². The summed E-state index contributed by atoms with van der Waals surface area (Å²) in [6, 6.07) is 2.73. The Kier molecular flexibility index (Phi) is 9.41. The van der Waals surface area contributed by atoms with E-state index in [-0.39, 0.29) is 45.3 Å². The zero-order valence-corrected chi connectivity index (χ0v) is 30.6. The zero-order valence-electron chi connectivity index (χ0n) is 30.6. The minimum absolute atomic E-state index is 0.0119. The van der Waals surface area contributed by atoms with Crippen LogP contribution in [0.25, 0.3) is 0 Å². The summed E-state index contributed by atoms with van der Waals surface area (Å²) in [6.45, 7) is 27.2. The smallest absolute Gasteiger partial charge is 0.193 e. The van der Waals surface area contributed by atoms with Gasteiger partial charge in [-0.15, -0.1) is 0 Å². The molecule has 6 rings (SSSR count). The number of hydrogen-bond donors (Lipinski definition) is 2. The molecular formula is C36H64N10O. The van der Waals surface area contributed by atoms with Crippen molar-refractivity contribution in [1.29, 1.82) is 5.26 Å². The highest BCUT2D eigenvalue weighted by Gasteiger charge is 2.69. The third kappa shape index (κ3) is 5.77. The van der Waals surface area contributed by atoms with Crippen molar-refractivity contribution in [2.75, 3.05) is 65.4 Å². The van der Waals surface area contributed by atoms with Gasteiger partial charge in [-0.3, -0.25) is 24.5 Å². The Hall–Kier alpha value is -1.68. The molecule has 5 saturated heterocycles. The number of nitriles is 1. The van der Waals surface area contributed by atoms with Crippen molar-refractivity contribution in [3.05, 3.63) is 0 Å². The SMILES string of the molecule is CC(C)(CCC(C)(N1CCC(=NO)CC1)C(C)(N1CCC2(CC1)N=N2)C(C)(N1CCCCC1)C(C)(C)N1CC(N)C1)N1CC(C#N)C1. The average Bonchev–Trinajstić information content (AvgIpc) is 3.79. The number of piperidine rings is 3. The molecule has 47 heavy (non-hydrogen) atoms. The number of likely N-dealkylation sites (tertiary alicyclic amines) is 5. The van der Waals surface area contributed by atoms with Crippen LogP contribution in [-0.2, 0) is 0 Å². The summed E-state index contributed by atoms with van der Waals surface area (Å²) in [6.07, 6.45) is 9.42. The molecule has 0 amide bonds. The van der Waals surface area contributed by atoms with Crippen molar-refractivity contribution in [2.45, 2.75) is 146 Å². The average molecular weight is 653 g/mol. The lowest BCUT2D eigenvalue weighted by Crippen LogP contribution is -2.88. The first-order valence-electron chi connectivity index (χ1n) is 18.7. The quantitative estimate of drug-likeness (QED) is 0.249. The van der Waals surface area contributed by atoms with Crippen LogP contribution in [0.2, 0.25) is 0 Å². The molecule has 5 fully saturated rings. The molecule has 0 aromatic rings. The fraction of sp³-hybridized carbons (Fsp3) is 0.944. The van der Waals surface area contributed by atoms with Gasteiger partial charge < -0.3 is 10.9 Å². The monoisotopic (exact) mass is 653 g/mol. The van der Waals surface area contributed by atoms with Gasteiger partial charge in [0, 0.05) is 101 Å². The zero-order chi connectivity index (χ0) is 33.9. The third-order valence-corrected chi connectivity index (χ3v) is 14.8. The van der Waals surface area contributed by atoms with Gasteiger partial charge in [-0.2, -0.15) is 15.5 Å². The van der Waals surface area contributed by atoms with E-state index in [1.807, 2.05) is 0 Å². The molecule has 0 radical (unpaired) electrons. The van der Waals surface area contributed by atoms with Crippen LogP contribution in [0, 0.1) is 17.2 Å². The van der Waals surface area contributed by atoms with E-state index in [0.29, 0.717) is 0 Å². The van der Waals surface area contributed by atoms with Gasteiger partial charge in [-0.25, -0.2) is 0 Å². The second-order valence-corrected chi connectivity index (χ2v) is 17.6. The van der Waals surface area contributed by atoms with E-state index in [2.05, 4.69) is 94.4 Å². The molecular weight excluding hydrogens is 588 g/mol. The molecule has 11 heteroatoms. The second-order valence-electron chi connectivity index (χ2n) is 17.6. The molecule has 6 aliphatic rings. The summed E-state index contributed by atoms with van der Waals surface area (Å²) in [4.78, 5) is 13.8. The van der Waals surface area contributed by atoms with Crippen molar-refractivity contribution in [1.82, 2.24) is 24.5 Å². The van der Waals surface area contributed by atoms with Gasteiger partial charge in [-0.05, 0) is 87.2 Å². The van der Waals surface area contributed by atoms with Crippen molar-refractivity contribution in [2.24, 2.45) is 27.0 Å². The largest absolute Gasteiger partial charge is 0.411 e. The fourth-order valence-electron chi connectivity index (χ4n) is 10.5. The molecule has 6 heterocycles. The third-order valence-electron chi connectivity index (χ3n) is 14.8. The van der Waals surface area contributed by atoms with E-state index >= 15 is 0 Å². The number of oxime groups is 1. The van der Waals surface area contributed by atoms with Crippen LogP contribution in [0.4, 0.5) is 0 Å². The highest BCUT2D eigenvalue weighted by Crippen LogP contribution is 2.56. The van der Waals surface area contributed by atoms with Crippen LogP contribution in [0.15, 0.2) is 15.4 Å². The van der Waals surface area contributed by atoms with E-state index in [1.54, 1.807) is 0 Å². The predicted octanol–water partition coefficient (Wildman–Crippen LogP) is 4.37. The van der Waals surface area contributed by atoms with E-state index in [0.717, 1.165) is 110 Å². The summed E-state index contributed by atoms with van der Waals surface area (Å²) in [5.41, 5.74) is 6.40. The number of nitrogens with two attached hydrogens (primary N) is 1. The lowest BCUT2D eigenvalue weighted by atomic mass is 9.54. The maximum Gasteiger partial charge on any atom is 0.193 e. The van der Waals surface area contributed by atoms with Crippen LogP contribution in [0.3, 0.4) is 0 Å². The normalized spacial score (nSPS) is 29.7. The maximum atomic E-state index is 9.76. The summed E-state index contributed by atoms with van der Waals surface area (Å²) in [5, 5.41) is 32.1. The van der Waals surface area contributed by atoms with Gasteiger partial charge in [0.05, 0.1) is 28.8 Å². The molecule has 0 aromatic carbocycles. The highest BCUT2D eigenvalue weighted by atomic mass is 16.4. The number of rotatable bonds is 11. The Balaban J connectivity index is 1.47. The minimum atomic E-state index is -0.273. The predicted molar refractivity (Wildman–Crippen MR) is 187 cm³/mol. The van der Waals surface area contributed by atoms with Gasteiger partial charge in [-0.1, -0.05) is 11.6 Å². The summed E-state index contributed by atoms with van der Waals surface area (Å²) in [7, 11) is 0. The van der Waals surface area contributed by atoms with Crippen LogP contribution in [0.1, 0.15) is 106 Å². The van der Waals surface area contributed by atoms with Gasteiger partial charge in [0.15, 0.2) is 5.66 Å². The Labute approximate surface area is 284 Å². The van der Waals surface area contributed by atoms with Crippen LogP contribution < -0.4 is 5.73 Å². The Morgan fingerprint density at radius 1 is 0.766 bits per heavy atom. The molecule has 0 saturated carbocycles. The molecule has 3 unspecified atom stereocenters. The Morgan fingerprint density at radius 3 is 1.85 bits per heavy atom. The van der Waals surface area contributed by atoms with Crippen molar-refractivity contribution in [3.63, 3.8) is 0 Å². The maximum absolute atomic E-state index is 9.76. The second kappa shape index (κ2) is 12.6. The van der Waals surface area contributed by atoms with E-state index < -0.39 is 0 Å². The van der Waals surface area contributed by atoms with E-state index in [9.17, 15) is 10.5 Å². The molecule has 0 bridgehead atoms. The van der Waals surface area contributed by atoms with Crippen molar-refractivity contribution >= 4 is 5.71 Å². The first kappa shape index (κ1) is 35.2. The Bertz CT molecular complexity index is 1220. The number of nitrogens with zero attached hydrogens (tertiary/aromatic N) is 9. The minimum Gasteiger partial charge on any atom is -0.411 e. The standard InChI is InChI=1S/C36H64N10O/c1-31(2,45-24-28(23-37)25-45)13-14-33(5,42-19-11-30(39-47)12-20-42)35(7,44-21-15-36(16-22-44)40-41-36)34(6,43-17-9-8-10-18-43)32(3,4)46-26-29(38)27-46/h28-29,47H,8-22,24-27,38H2,1-7H3. The highest BCUT2D eigenvalue weighted by molar-refractivity contribution is 5.84. The summed E-state index contributed by atoms with van der Waals surface area (Å²) in [5.74, 6) is 0.147. The van der Waals surface area contributed by atoms with Gasteiger partial charge >= 0.3 is 0 Å². The van der Waals surface area contributed by atoms with Crippen LogP contribution in [-0.4, -0.2) is 140 Å². The summed E-state index contributed by atoms with van der Waals surface area (Å²) >= 11 is 0. The molecule has 0 aliphatic carbocycles. The molecule has 3 N–H and O–H groups in total.